The number of aldehydes is 2. The van der Waals surface area contributed by atoms with Crippen molar-refractivity contribution in [3.63, 3.8) is 0 Å². The number of aliphatic hydroxyl groups excluding tert-OH is 2. The minimum atomic E-state index is -3.82. The molecule has 0 saturated heterocycles. The molecule has 13 rings (SSSR count). The summed E-state index contributed by atoms with van der Waals surface area (Å²) >= 11 is 9.08. The van der Waals surface area contributed by atoms with E-state index in [1.54, 1.807) is 211 Å². The molecule has 0 amide bonds. The molecule has 10 aromatic heterocycles. The summed E-state index contributed by atoms with van der Waals surface area (Å²) in [6, 6.07) is 36.1. The molecule has 10 heterocycles. The number of aryl methyl sites for hydroxylation is 1. The fourth-order valence-electron chi connectivity index (χ4n) is 9.61. The minimum Gasteiger partial charge on any atom is -0.507 e. The van der Waals surface area contributed by atoms with Crippen LogP contribution in [-0.4, -0.2) is 171 Å². The number of H-pyrrole nitrogens is 1. The van der Waals surface area contributed by atoms with Gasteiger partial charge in [0.15, 0.2) is 12.6 Å². The molecule has 0 fully saturated rings. The molecule has 0 unspecified atom stereocenters. The van der Waals surface area contributed by atoms with Crippen molar-refractivity contribution in [2.45, 2.75) is 218 Å². The monoisotopic (exact) mass is 1980 g/mol. The van der Waals surface area contributed by atoms with E-state index in [9.17, 15) is 33.0 Å². The normalized spacial score (nSPS) is 11.5. The summed E-state index contributed by atoms with van der Waals surface area (Å²) in [5, 5.41) is 93.6. The van der Waals surface area contributed by atoms with Gasteiger partial charge in [0.25, 0.3) is 10.1 Å². The number of aromatic hydroxyl groups is 3. The Labute approximate surface area is 824 Å². The van der Waals surface area contributed by atoms with E-state index in [4.69, 9.17) is 56.9 Å². The number of benzene rings is 3. The van der Waals surface area contributed by atoms with Crippen LogP contribution < -0.4 is 29.2 Å². The molecule has 0 radical (unpaired) electrons. The summed E-state index contributed by atoms with van der Waals surface area (Å²) in [7, 11) is 1.96. The van der Waals surface area contributed by atoms with E-state index in [1.165, 1.54) is 101 Å². The van der Waals surface area contributed by atoms with Crippen molar-refractivity contribution in [2.24, 2.45) is 0 Å². The predicted molar refractivity (Wildman–Crippen MR) is 523 cm³/mol. The first kappa shape index (κ1) is 109. The number of nitrogens with zero attached hydrogens (tertiary/aromatic N) is 15. The van der Waals surface area contributed by atoms with Crippen LogP contribution in [0.5, 0.6) is 23.0 Å². The van der Waals surface area contributed by atoms with E-state index in [0.717, 1.165) is 51.3 Å². The van der Waals surface area contributed by atoms with Crippen LogP contribution in [-0.2, 0) is 54.0 Å². The van der Waals surface area contributed by atoms with Gasteiger partial charge >= 0.3 is 26.0 Å². The van der Waals surface area contributed by atoms with Gasteiger partial charge < -0.3 is 57.1 Å². The van der Waals surface area contributed by atoms with Crippen LogP contribution >= 0.6 is 48.9 Å². The topological polar surface area (TPSA) is 452 Å². The molecule has 0 atom stereocenters. The molecule has 40 heteroatoms. The Balaban J connectivity index is 0. The van der Waals surface area contributed by atoms with Crippen LogP contribution in [0.2, 0.25) is 0 Å². The maximum atomic E-state index is 11.6. The number of aromatic amines is 1. The molecular weight excluding hydrogens is 1850 g/mol. The minimum absolute atomic E-state index is 0. The number of rotatable bonds is 22. The van der Waals surface area contributed by atoms with Crippen molar-refractivity contribution < 1.29 is 105 Å². The number of phenols is 3. The molecule has 0 saturated carbocycles. The summed E-state index contributed by atoms with van der Waals surface area (Å²) < 4.78 is 111. The van der Waals surface area contributed by atoms with Gasteiger partial charge in [0.1, 0.15) is 40.0 Å². The number of alkyl halides is 1. The maximum absolute atomic E-state index is 11.6. The maximum Gasteiger partial charge on any atom is 1.00 e. The Morgan fingerprint density at radius 1 is 0.576 bits per heavy atom. The molecule has 0 aliphatic carbocycles. The molecule has 714 valence electrons. The van der Waals surface area contributed by atoms with Crippen LogP contribution in [0.3, 0.4) is 0 Å². The van der Waals surface area contributed by atoms with Gasteiger partial charge in [-0.25, -0.2) is 9.19 Å². The fraction of sp³-hybridized carbons (Fsp3) is 0.348. The quantitative estimate of drug-likeness (QED) is 0.00579. The third-order valence-electron chi connectivity index (χ3n) is 15.3. The molecule has 32 nitrogen and oxygen atoms in total. The van der Waals surface area contributed by atoms with Crippen molar-refractivity contribution >= 4 is 99.3 Å². The first-order valence-corrected chi connectivity index (χ1v) is 45.0. The van der Waals surface area contributed by atoms with E-state index in [1.807, 2.05) is 55.5 Å². The average molecular weight is 1990 g/mol. The van der Waals surface area contributed by atoms with Gasteiger partial charge in [0.2, 0.25) is 10.7 Å². The smallest absolute Gasteiger partial charge is 0.507 e. The second-order valence-electron chi connectivity index (χ2n) is 27.9. The largest absolute Gasteiger partial charge is 1.00 e. The third kappa shape index (κ3) is 48.3. The number of carbonyl (C=O) groups excluding carboxylic acids is 3. The molecule has 132 heavy (non-hydrogen) atoms. The molecule has 0 bridgehead atoms. The molecule has 13 aromatic rings. The third-order valence-corrected chi connectivity index (χ3v) is 17.7. The zero-order valence-electron chi connectivity index (χ0n) is 84.8. The van der Waals surface area contributed by atoms with Crippen LogP contribution in [0.15, 0.2) is 229 Å². The second kappa shape index (κ2) is 69.5. The number of phenolic OH excluding ortho intramolecular Hbond substituents is 3. The number of Topliss-reactive ketones (excluding diaryl/α,β-unsaturated/α-hetero) is 1. The van der Waals surface area contributed by atoms with Crippen LogP contribution in [0, 0.1) is 13.8 Å². The zero-order valence-corrected chi connectivity index (χ0v) is 82.3. The van der Waals surface area contributed by atoms with Gasteiger partial charge in [0.05, 0.1) is 84.7 Å². The number of aliphatic hydroxyl groups is 3. The number of ketones is 1. The Morgan fingerprint density at radius 3 is 1.30 bits per heavy atom. The molecule has 0 aliphatic rings. The number of carbonyl (C=O) groups is 3. The Morgan fingerprint density at radius 2 is 0.977 bits per heavy atom. The average Bonchev–Trinajstić information content (AvgIpc) is 1.66. The SMILES string of the molecule is C.CC(C)=O.O=Cc1c(O)cccc1O.O=S(Cl)Cl.OCc1cccnc1Br.[2H]C(C)(C)OS(=O)(=O)c1ccc(C)cc1.[2H]C(C)(C)n1cccn1.[2H]C(C)(C)n1nccc1-c1ncccc1CCl.[2H]C(C)(C)n1nccc1-c1ncccc1CO.[2H]C(C)(C)n1nccc1-c1ncccc1COc1cccc(O)c1C=O.[2H]C(C)(C)n1nccc1B(O)O.[2H]OC([2H])(C)C.[CH2-]CCC.[Li+].c1cn[nH]c1. The number of hydrogen-bond donors (Lipinski definition) is 9. The van der Waals surface area contributed by atoms with Gasteiger partial charge in [-0.2, -0.15) is 45.4 Å². The fourth-order valence-corrected chi connectivity index (χ4v) is 11.2. The Kier molecular flexibility index (Phi) is 57.2. The standard InChI is InChI=1S/C19H19N3O3.C12H14ClN3.C12H15N3O.C10H14O3S.C7H6O3.C6H11BN2O2.C6H6BrNO.C6H10N2.C4H9.C3H4N2.C3H8O.C3H6O.CH4.Cl2OS.Li/c1-13(2)22-16(8-10-21-22)19-14(5-4-9-20-19)12-25-18-7-3-6-17(24)15(18)11-23;1-9(2)16-11(5-7-15-16)12-10(8-13)4-3-6-14-12;1-9(2)15-11(5-7-14-15)12-10(8-16)4-3-6-13-12;1-8(2)13-14(11,12)10-6-4-9(3)5-7-10;8-4-5-6(9)2-1-3-7(5)10;1-5(2)9-6(7(10)11)3-4-8-9;7-6-5(4-9)2-1-3-8-6;1-6(2)8-5-3-4-7-8;1-3-4-2;1-2-4-5-3-1;2*1-3(2)4;;1-4(2)3;/h3-11,13,24H,12H2,1-2H3;3-7,9H,8H2,1-2H3;3-7,9,16H,8H2,1-2H3;4-8H,1-3H3;1-4,9-10H;3-5,10-11H,1-2H3;1-3,9H,4H2;3-6H,1-2H3;1,3-4H2,2H3;1-3H,(H,4,5);3-4H,1-2H3;1-2H3;1H4;;/q;;;;;;;;-1;;;;;;+1/i13D;2*9D;8D;;5D;;6D;;;3D,4D;;;;. The number of hydrogen-bond acceptors (Lipinski definition) is 26. The number of pyridine rings is 4. The molecule has 3 aromatic carbocycles. The van der Waals surface area contributed by atoms with Crippen molar-refractivity contribution in [3.05, 3.63) is 270 Å². The van der Waals surface area contributed by atoms with Crippen molar-refractivity contribution in [2.75, 3.05) is 0 Å². The van der Waals surface area contributed by atoms with E-state index >= 15 is 0 Å². The number of halogens is 4. The summed E-state index contributed by atoms with van der Waals surface area (Å²) in [6.07, 6.45) is 20.8. The van der Waals surface area contributed by atoms with Crippen LogP contribution in [0.25, 0.3) is 34.2 Å². The molecule has 0 aliphatic heterocycles. The molecule has 9 N–H and O–H groups in total. The second-order valence-corrected chi connectivity index (χ2v) is 32.9. The number of unbranched alkanes of at least 4 members (excludes halogenated alkanes) is 1. The number of ether oxygens (including phenoxy) is 1. The van der Waals surface area contributed by atoms with E-state index < -0.39 is 68.7 Å². The van der Waals surface area contributed by atoms with Gasteiger partial charge in [-0.1, -0.05) is 74.9 Å². The summed E-state index contributed by atoms with van der Waals surface area (Å²) in [6.45, 7) is 33.9. The molecular formula is C92H126BBrCl3LiN16O16S2. The van der Waals surface area contributed by atoms with Gasteiger partial charge in [0, 0.05) is 154 Å². The number of aromatic nitrogens is 16. The first-order chi connectivity index (χ1) is 64.3. The van der Waals surface area contributed by atoms with Crippen LogP contribution in [0.1, 0.15) is 226 Å². The summed E-state index contributed by atoms with van der Waals surface area (Å²) in [4.78, 5) is 47.8. The molecule has 0 spiro atoms. The summed E-state index contributed by atoms with van der Waals surface area (Å²) in [5.41, 5.74) is 8.90. The predicted octanol–water partition coefficient (Wildman–Crippen LogP) is 15.6. The van der Waals surface area contributed by atoms with Gasteiger partial charge in [-0.3, -0.25) is 57.2 Å². The van der Waals surface area contributed by atoms with Crippen molar-refractivity contribution in [1.82, 2.24) is 79.0 Å². The summed E-state index contributed by atoms with van der Waals surface area (Å²) in [5.74, 6) is 0.333. The number of nitrogens with one attached hydrogen (secondary N) is 1. The van der Waals surface area contributed by atoms with E-state index in [-0.39, 0.29) is 90.8 Å². The Hall–Kier alpha value is -10.4. The van der Waals surface area contributed by atoms with E-state index in [0.29, 0.717) is 45.9 Å². The van der Waals surface area contributed by atoms with Gasteiger partial charge in [-0.15, -0.1) is 11.6 Å². The van der Waals surface area contributed by atoms with Gasteiger partial charge in [-0.05, 0) is 236 Å². The Bertz CT molecular complexity index is 5670. The first-order valence-electron chi connectivity index (χ1n) is 43.4. The van der Waals surface area contributed by atoms with Crippen molar-refractivity contribution in [1.29, 1.82) is 1.43 Å². The van der Waals surface area contributed by atoms with Crippen LogP contribution in [0.4, 0.5) is 0 Å². The zero-order chi connectivity index (χ0) is 105. The van der Waals surface area contributed by atoms with E-state index in [2.05, 4.69) is 116 Å². The van der Waals surface area contributed by atoms with Crippen molar-refractivity contribution in [3.8, 4) is 57.2 Å².